The van der Waals surface area contributed by atoms with E-state index in [1.807, 2.05) is 61.5 Å². The second kappa shape index (κ2) is 7.56. The average molecular weight is 271 g/mol. The summed E-state index contributed by atoms with van der Waals surface area (Å²) in [5, 5.41) is 0. The van der Waals surface area contributed by atoms with Gasteiger partial charge in [-0.3, -0.25) is 0 Å². The second-order valence-electron chi connectivity index (χ2n) is 4.56. The second-order valence-corrected chi connectivity index (χ2v) is 4.56. The van der Waals surface area contributed by atoms with Gasteiger partial charge in [-0.25, -0.2) is 0 Å². The molecule has 3 heteroatoms. The fourth-order valence-corrected chi connectivity index (χ4v) is 1.99. The molecule has 20 heavy (non-hydrogen) atoms. The van der Waals surface area contributed by atoms with Crippen LogP contribution >= 0.6 is 0 Å². The Morgan fingerprint density at radius 3 is 2.45 bits per heavy atom. The first-order chi connectivity index (χ1) is 9.79. The van der Waals surface area contributed by atoms with Gasteiger partial charge in [0.1, 0.15) is 11.5 Å². The van der Waals surface area contributed by atoms with E-state index in [-0.39, 0.29) is 6.04 Å². The highest BCUT2D eigenvalue weighted by molar-refractivity contribution is 5.30. The number of hydrogen-bond donors (Lipinski definition) is 1. The Bertz CT molecular complexity index is 513. The Kier molecular flexibility index (Phi) is 5.44. The number of rotatable bonds is 7. The fraction of sp³-hybridized carbons (Fsp3) is 0.294. The minimum Gasteiger partial charge on any atom is -0.494 e. The van der Waals surface area contributed by atoms with Gasteiger partial charge in [-0.05, 0) is 36.8 Å². The van der Waals surface area contributed by atoms with Gasteiger partial charge in [0.15, 0.2) is 0 Å². The van der Waals surface area contributed by atoms with Crippen molar-refractivity contribution in [1.29, 1.82) is 0 Å². The van der Waals surface area contributed by atoms with Crippen molar-refractivity contribution in [3.63, 3.8) is 0 Å². The SMILES string of the molecule is CCOc1cccc(C(N)CCOc2ccccc2)c1. The molecule has 0 aliphatic carbocycles. The topological polar surface area (TPSA) is 44.5 Å². The standard InChI is InChI=1S/C17H21NO2/c1-2-19-16-10-6-7-14(13-16)17(18)11-12-20-15-8-4-3-5-9-15/h3-10,13,17H,2,11-12,18H2,1H3. The summed E-state index contributed by atoms with van der Waals surface area (Å²) in [7, 11) is 0. The molecule has 106 valence electrons. The van der Waals surface area contributed by atoms with Crippen molar-refractivity contribution >= 4 is 0 Å². The zero-order valence-electron chi connectivity index (χ0n) is 11.8. The molecule has 2 N–H and O–H groups in total. The van der Waals surface area contributed by atoms with Gasteiger partial charge in [-0.15, -0.1) is 0 Å². The lowest BCUT2D eigenvalue weighted by atomic mass is 10.1. The van der Waals surface area contributed by atoms with Gasteiger partial charge in [0, 0.05) is 12.5 Å². The molecule has 3 nitrogen and oxygen atoms in total. The molecule has 0 radical (unpaired) electrons. The Balaban J connectivity index is 1.85. The van der Waals surface area contributed by atoms with E-state index in [1.54, 1.807) is 0 Å². The smallest absolute Gasteiger partial charge is 0.119 e. The first-order valence-corrected chi connectivity index (χ1v) is 6.96. The largest absolute Gasteiger partial charge is 0.494 e. The van der Waals surface area contributed by atoms with Crippen molar-refractivity contribution < 1.29 is 9.47 Å². The summed E-state index contributed by atoms with van der Waals surface area (Å²) in [5.41, 5.74) is 7.27. The molecule has 0 heterocycles. The number of benzene rings is 2. The molecule has 1 unspecified atom stereocenters. The Labute approximate surface area is 120 Å². The van der Waals surface area contributed by atoms with Gasteiger partial charge in [-0.2, -0.15) is 0 Å². The van der Waals surface area contributed by atoms with Crippen LogP contribution in [0.5, 0.6) is 11.5 Å². The van der Waals surface area contributed by atoms with Crippen molar-refractivity contribution in [2.24, 2.45) is 5.73 Å². The maximum Gasteiger partial charge on any atom is 0.119 e. The summed E-state index contributed by atoms with van der Waals surface area (Å²) in [5.74, 6) is 1.74. The van der Waals surface area contributed by atoms with Crippen molar-refractivity contribution in [3.8, 4) is 11.5 Å². The van der Waals surface area contributed by atoms with Gasteiger partial charge < -0.3 is 15.2 Å². The van der Waals surface area contributed by atoms with Crippen LogP contribution in [-0.4, -0.2) is 13.2 Å². The lowest BCUT2D eigenvalue weighted by molar-refractivity contribution is 0.298. The Morgan fingerprint density at radius 1 is 0.950 bits per heavy atom. The highest BCUT2D eigenvalue weighted by Gasteiger charge is 2.07. The van der Waals surface area contributed by atoms with E-state index < -0.39 is 0 Å². The predicted molar refractivity (Wildman–Crippen MR) is 81.1 cm³/mol. The molecule has 2 aromatic carbocycles. The first-order valence-electron chi connectivity index (χ1n) is 6.96. The normalized spacial score (nSPS) is 11.9. The van der Waals surface area contributed by atoms with E-state index in [0.717, 1.165) is 23.5 Å². The van der Waals surface area contributed by atoms with E-state index in [9.17, 15) is 0 Å². The Hall–Kier alpha value is -2.00. The van der Waals surface area contributed by atoms with Crippen molar-refractivity contribution in [2.75, 3.05) is 13.2 Å². The quantitative estimate of drug-likeness (QED) is 0.837. The zero-order chi connectivity index (χ0) is 14.2. The molecule has 1 atom stereocenters. The van der Waals surface area contributed by atoms with Crippen LogP contribution in [0.15, 0.2) is 54.6 Å². The molecule has 0 spiro atoms. The molecular weight excluding hydrogens is 250 g/mol. The molecular formula is C17H21NO2. The molecule has 0 aliphatic rings. The van der Waals surface area contributed by atoms with Crippen molar-refractivity contribution in [2.45, 2.75) is 19.4 Å². The fourth-order valence-electron chi connectivity index (χ4n) is 1.99. The summed E-state index contributed by atoms with van der Waals surface area (Å²) >= 11 is 0. The van der Waals surface area contributed by atoms with Crippen LogP contribution in [0.2, 0.25) is 0 Å². The van der Waals surface area contributed by atoms with Crippen LogP contribution in [0.25, 0.3) is 0 Å². The van der Waals surface area contributed by atoms with Crippen LogP contribution < -0.4 is 15.2 Å². The van der Waals surface area contributed by atoms with E-state index in [1.165, 1.54) is 0 Å². The third-order valence-corrected chi connectivity index (χ3v) is 3.04. The number of hydrogen-bond acceptors (Lipinski definition) is 3. The van der Waals surface area contributed by atoms with Crippen molar-refractivity contribution in [1.82, 2.24) is 0 Å². The molecule has 0 aliphatic heterocycles. The number of para-hydroxylation sites is 1. The van der Waals surface area contributed by atoms with Gasteiger partial charge in [0.25, 0.3) is 0 Å². The third kappa shape index (κ3) is 4.28. The number of ether oxygens (including phenoxy) is 2. The highest BCUT2D eigenvalue weighted by atomic mass is 16.5. The summed E-state index contributed by atoms with van der Waals surface area (Å²) in [6, 6.07) is 17.7. The molecule has 2 rings (SSSR count). The summed E-state index contributed by atoms with van der Waals surface area (Å²) < 4.78 is 11.1. The van der Waals surface area contributed by atoms with Gasteiger partial charge in [-0.1, -0.05) is 30.3 Å². The van der Waals surface area contributed by atoms with Gasteiger partial charge in [0.2, 0.25) is 0 Å². The number of nitrogens with two attached hydrogens (primary N) is 1. The van der Waals surface area contributed by atoms with Crippen LogP contribution in [0.1, 0.15) is 24.9 Å². The lowest BCUT2D eigenvalue weighted by Gasteiger charge is -2.14. The average Bonchev–Trinajstić information content (AvgIpc) is 2.49. The predicted octanol–water partition coefficient (Wildman–Crippen LogP) is 3.55. The zero-order valence-corrected chi connectivity index (χ0v) is 11.8. The van der Waals surface area contributed by atoms with E-state index >= 15 is 0 Å². The monoisotopic (exact) mass is 271 g/mol. The minimum absolute atomic E-state index is 0.0425. The molecule has 2 aromatic rings. The van der Waals surface area contributed by atoms with Gasteiger partial charge >= 0.3 is 0 Å². The van der Waals surface area contributed by atoms with Crippen LogP contribution in [0.3, 0.4) is 0 Å². The van der Waals surface area contributed by atoms with E-state index in [2.05, 4.69) is 0 Å². The maximum atomic E-state index is 6.19. The van der Waals surface area contributed by atoms with Crippen LogP contribution in [0.4, 0.5) is 0 Å². The molecule has 0 saturated carbocycles. The maximum absolute atomic E-state index is 6.19. The van der Waals surface area contributed by atoms with Crippen LogP contribution in [0, 0.1) is 0 Å². The van der Waals surface area contributed by atoms with E-state index in [4.69, 9.17) is 15.2 Å². The Morgan fingerprint density at radius 2 is 1.70 bits per heavy atom. The van der Waals surface area contributed by atoms with E-state index in [0.29, 0.717) is 13.2 Å². The summed E-state index contributed by atoms with van der Waals surface area (Å²) in [6.45, 7) is 3.24. The van der Waals surface area contributed by atoms with Crippen LogP contribution in [-0.2, 0) is 0 Å². The third-order valence-electron chi connectivity index (χ3n) is 3.04. The van der Waals surface area contributed by atoms with Crippen molar-refractivity contribution in [3.05, 3.63) is 60.2 Å². The van der Waals surface area contributed by atoms with Gasteiger partial charge in [0.05, 0.1) is 13.2 Å². The molecule has 0 amide bonds. The first kappa shape index (κ1) is 14.4. The minimum atomic E-state index is -0.0425. The summed E-state index contributed by atoms with van der Waals surface area (Å²) in [6.07, 6.45) is 0.768. The highest BCUT2D eigenvalue weighted by Crippen LogP contribution is 2.20. The molecule has 0 aromatic heterocycles. The molecule has 0 fully saturated rings. The summed E-state index contributed by atoms with van der Waals surface area (Å²) in [4.78, 5) is 0. The molecule has 0 saturated heterocycles. The molecule has 0 bridgehead atoms. The lowest BCUT2D eigenvalue weighted by Crippen LogP contribution is -2.14.